The van der Waals surface area contributed by atoms with Gasteiger partial charge < -0.3 is 9.42 Å². The van der Waals surface area contributed by atoms with Crippen molar-refractivity contribution in [1.29, 1.82) is 0 Å². The van der Waals surface area contributed by atoms with Gasteiger partial charge in [0.2, 0.25) is 0 Å². The van der Waals surface area contributed by atoms with Crippen LogP contribution in [0.4, 0.5) is 5.82 Å². The predicted molar refractivity (Wildman–Crippen MR) is 80.0 cm³/mol. The zero-order valence-electron chi connectivity index (χ0n) is 12.6. The second kappa shape index (κ2) is 6.22. The molecular formula is C15H21N5O. The van der Waals surface area contributed by atoms with Crippen molar-refractivity contribution in [2.75, 3.05) is 25.0 Å². The number of anilines is 1. The molecule has 6 heteroatoms. The molecule has 3 heterocycles. The fourth-order valence-electron chi connectivity index (χ4n) is 2.86. The number of hydrogen-bond donors (Lipinski definition) is 0. The second-order valence-corrected chi connectivity index (χ2v) is 5.67. The van der Waals surface area contributed by atoms with E-state index in [4.69, 9.17) is 4.52 Å². The number of rotatable bonds is 4. The molecule has 1 aliphatic rings. The maximum absolute atomic E-state index is 5.14. The number of aryl methyl sites for hydroxylation is 1. The molecule has 0 unspecified atom stereocenters. The van der Waals surface area contributed by atoms with Gasteiger partial charge in [0, 0.05) is 37.9 Å². The third-order valence-corrected chi connectivity index (χ3v) is 3.99. The number of piperidine rings is 1. The van der Waals surface area contributed by atoms with E-state index in [0.717, 1.165) is 36.9 Å². The van der Waals surface area contributed by atoms with Crippen LogP contribution in [0.25, 0.3) is 0 Å². The van der Waals surface area contributed by atoms with Gasteiger partial charge in [-0.3, -0.25) is 4.90 Å². The average molecular weight is 287 g/mol. The van der Waals surface area contributed by atoms with Crippen LogP contribution >= 0.6 is 0 Å². The van der Waals surface area contributed by atoms with Crippen molar-refractivity contribution < 1.29 is 4.52 Å². The van der Waals surface area contributed by atoms with Crippen molar-refractivity contribution >= 4 is 5.82 Å². The van der Waals surface area contributed by atoms with E-state index < -0.39 is 0 Å². The first kappa shape index (κ1) is 14.0. The number of nitrogens with zero attached hydrogens (tertiary/aromatic N) is 5. The zero-order chi connectivity index (χ0) is 14.7. The summed E-state index contributed by atoms with van der Waals surface area (Å²) in [7, 11) is 2.15. The van der Waals surface area contributed by atoms with Crippen LogP contribution in [0.1, 0.15) is 24.3 Å². The van der Waals surface area contributed by atoms with Crippen molar-refractivity contribution in [3.05, 3.63) is 35.9 Å². The molecule has 6 nitrogen and oxygen atoms in total. The minimum absolute atomic E-state index is 0.498. The fraction of sp³-hybridized carbons (Fsp3) is 0.533. The summed E-state index contributed by atoms with van der Waals surface area (Å²) >= 11 is 0. The normalized spacial score (nSPS) is 19.2. The largest absolute Gasteiger partial charge is 0.361 e. The molecule has 2 aromatic rings. The van der Waals surface area contributed by atoms with Gasteiger partial charge in [-0.25, -0.2) is 0 Å². The standard InChI is InChI=1S/C15H21N5O/c1-12-9-13(18-21-12)10-19(2)14-5-4-8-20(11-14)15-6-3-7-16-17-15/h3,6-7,9,14H,4-5,8,10-11H2,1-2H3/t14-/m0/s1. The van der Waals surface area contributed by atoms with Gasteiger partial charge in [-0.05, 0) is 38.9 Å². The Morgan fingerprint density at radius 2 is 2.38 bits per heavy atom. The van der Waals surface area contributed by atoms with Crippen LogP contribution in [0.5, 0.6) is 0 Å². The van der Waals surface area contributed by atoms with E-state index in [1.807, 2.05) is 25.1 Å². The lowest BCUT2D eigenvalue weighted by Gasteiger charge is -2.37. The van der Waals surface area contributed by atoms with Crippen molar-refractivity contribution in [1.82, 2.24) is 20.3 Å². The molecule has 0 N–H and O–H groups in total. The van der Waals surface area contributed by atoms with E-state index >= 15 is 0 Å². The average Bonchev–Trinajstić information content (AvgIpc) is 2.93. The van der Waals surface area contributed by atoms with Gasteiger partial charge in [0.15, 0.2) is 5.82 Å². The molecule has 1 fully saturated rings. The van der Waals surface area contributed by atoms with Crippen LogP contribution in [-0.2, 0) is 6.54 Å². The van der Waals surface area contributed by atoms with Crippen molar-refractivity contribution in [3.8, 4) is 0 Å². The van der Waals surface area contributed by atoms with Crippen molar-refractivity contribution in [3.63, 3.8) is 0 Å². The molecule has 1 atom stereocenters. The quantitative estimate of drug-likeness (QED) is 0.855. The maximum atomic E-state index is 5.14. The molecule has 2 aromatic heterocycles. The highest BCUT2D eigenvalue weighted by molar-refractivity contribution is 5.37. The molecule has 3 rings (SSSR count). The second-order valence-electron chi connectivity index (χ2n) is 5.67. The highest BCUT2D eigenvalue weighted by Gasteiger charge is 2.24. The number of likely N-dealkylation sites (N-methyl/N-ethyl adjacent to an activating group) is 1. The molecule has 21 heavy (non-hydrogen) atoms. The molecule has 1 aliphatic heterocycles. The van der Waals surface area contributed by atoms with Crippen LogP contribution in [0.15, 0.2) is 28.9 Å². The maximum Gasteiger partial charge on any atom is 0.151 e. The fourth-order valence-corrected chi connectivity index (χ4v) is 2.86. The molecule has 0 aliphatic carbocycles. The highest BCUT2D eigenvalue weighted by Crippen LogP contribution is 2.20. The molecule has 0 radical (unpaired) electrons. The molecule has 112 valence electrons. The summed E-state index contributed by atoms with van der Waals surface area (Å²) in [6.45, 7) is 4.77. The Balaban J connectivity index is 1.62. The minimum Gasteiger partial charge on any atom is -0.361 e. The highest BCUT2D eigenvalue weighted by atomic mass is 16.5. The SMILES string of the molecule is Cc1cc(CN(C)[C@H]2CCCN(c3cccnn3)C2)no1. The van der Waals surface area contributed by atoms with Gasteiger partial charge in [0.1, 0.15) is 5.76 Å². The summed E-state index contributed by atoms with van der Waals surface area (Å²) < 4.78 is 5.14. The third kappa shape index (κ3) is 3.39. The minimum atomic E-state index is 0.498. The van der Waals surface area contributed by atoms with Crippen molar-refractivity contribution in [2.45, 2.75) is 32.4 Å². The Labute approximate surface area is 124 Å². The molecule has 0 saturated carbocycles. The Morgan fingerprint density at radius 3 is 3.10 bits per heavy atom. The summed E-state index contributed by atoms with van der Waals surface area (Å²) in [5.41, 5.74) is 0.992. The van der Waals surface area contributed by atoms with Crippen LogP contribution in [0.3, 0.4) is 0 Å². The molecule has 0 aromatic carbocycles. The summed E-state index contributed by atoms with van der Waals surface area (Å²) in [6.07, 6.45) is 4.08. The van der Waals surface area contributed by atoms with E-state index in [1.165, 1.54) is 12.8 Å². The number of aromatic nitrogens is 3. The first-order valence-corrected chi connectivity index (χ1v) is 7.37. The predicted octanol–water partition coefficient (Wildman–Crippen LogP) is 1.87. The van der Waals surface area contributed by atoms with Gasteiger partial charge in [-0.2, -0.15) is 5.10 Å². The van der Waals surface area contributed by atoms with Gasteiger partial charge in [-0.15, -0.1) is 5.10 Å². The summed E-state index contributed by atoms with van der Waals surface area (Å²) in [5, 5.41) is 12.3. The Bertz CT molecular complexity index is 570. The van der Waals surface area contributed by atoms with E-state index in [1.54, 1.807) is 6.20 Å². The third-order valence-electron chi connectivity index (χ3n) is 3.99. The Hall–Kier alpha value is -1.95. The van der Waals surface area contributed by atoms with Crippen LogP contribution in [0.2, 0.25) is 0 Å². The topological polar surface area (TPSA) is 58.3 Å². The molecule has 0 bridgehead atoms. The lowest BCUT2D eigenvalue weighted by molar-refractivity contribution is 0.202. The van der Waals surface area contributed by atoms with E-state index in [2.05, 4.69) is 32.2 Å². The van der Waals surface area contributed by atoms with Crippen molar-refractivity contribution in [2.24, 2.45) is 0 Å². The summed E-state index contributed by atoms with van der Waals surface area (Å²) in [6, 6.07) is 6.46. The number of hydrogen-bond acceptors (Lipinski definition) is 6. The first-order chi connectivity index (χ1) is 10.2. The smallest absolute Gasteiger partial charge is 0.151 e. The summed E-state index contributed by atoms with van der Waals surface area (Å²) in [4.78, 5) is 4.66. The zero-order valence-corrected chi connectivity index (χ0v) is 12.6. The molecule has 0 spiro atoms. The lowest BCUT2D eigenvalue weighted by atomic mass is 10.0. The van der Waals surface area contributed by atoms with Gasteiger partial charge in [0.25, 0.3) is 0 Å². The first-order valence-electron chi connectivity index (χ1n) is 7.37. The van der Waals surface area contributed by atoms with Gasteiger partial charge >= 0.3 is 0 Å². The van der Waals surface area contributed by atoms with Crippen LogP contribution in [-0.4, -0.2) is 46.4 Å². The molecular weight excluding hydrogens is 266 g/mol. The van der Waals surface area contributed by atoms with Gasteiger partial charge in [-0.1, -0.05) is 5.16 Å². The molecule has 0 amide bonds. The van der Waals surface area contributed by atoms with E-state index in [0.29, 0.717) is 6.04 Å². The van der Waals surface area contributed by atoms with Gasteiger partial charge in [0.05, 0.1) is 5.69 Å². The lowest BCUT2D eigenvalue weighted by Crippen LogP contribution is -2.46. The van der Waals surface area contributed by atoms with E-state index in [-0.39, 0.29) is 0 Å². The monoisotopic (exact) mass is 287 g/mol. The summed E-state index contributed by atoms with van der Waals surface area (Å²) in [5.74, 6) is 1.83. The Morgan fingerprint density at radius 1 is 1.48 bits per heavy atom. The molecule has 1 saturated heterocycles. The van der Waals surface area contributed by atoms with Crippen LogP contribution in [0, 0.1) is 6.92 Å². The van der Waals surface area contributed by atoms with Crippen LogP contribution < -0.4 is 4.90 Å². The van der Waals surface area contributed by atoms with E-state index in [9.17, 15) is 0 Å². The Kier molecular flexibility index (Phi) is 4.15.